The molecule has 0 radical (unpaired) electrons. The molecule has 2 N–H and O–H groups in total. The molecule has 0 aromatic carbocycles. The van der Waals surface area contributed by atoms with Crippen LogP contribution in [0.15, 0.2) is 0 Å². The molecule has 1 aliphatic rings. The quantitative estimate of drug-likeness (QED) is 0.724. The summed E-state index contributed by atoms with van der Waals surface area (Å²) < 4.78 is 0. The lowest BCUT2D eigenvalue weighted by molar-refractivity contribution is -0.142. The molecule has 14 heavy (non-hydrogen) atoms. The Balaban J connectivity index is 2.49. The van der Waals surface area contributed by atoms with Gasteiger partial charge in [-0.3, -0.25) is 9.59 Å². The van der Waals surface area contributed by atoms with Crippen molar-refractivity contribution in [2.75, 3.05) is 0 Å². The predicted octanol–water partition coefficient (Wildman–Crippen LogP) is 1.74. The molecule has 4 heteroatoms. The highest BCUT2D eigenvalue weighted by Gasteiger charge is 2.28. The maximum Gasteiger partial charge on any atom is 0.303 e. The van der Waals surface area contributed by atoms with Gasteiger partial charge >= 0.3 is 11.9 Å². The number of aliphatic carboxylic acids is 2. The van der Waals surface area contributed by atoms with E-state index in [-0.39, 0.29) is 24.7 Å². The summed E-state index contributed by atoms with van der Waals surface area (Å²) in [5.74, 6) is -1.49. The second kappa shape index (κ2) is 4.98. The molecular formula is C10H16O4. The summed E-state index contributed by atoms with van der Waals surface area (Å²) in [7, 11) is 0. The Morgan fingerprint density at radius 2 is 1.29 bits per heavy atom. The van der Waals surface area contributed by atoms with Gasteiger partial charge in [0.25, 0.3) is 0 Å². The van der Waals surface area contributed by atoms with Crippen molar-refractivity contribution < 1.29 is 19.8 Å². The minimum absolute atomic E-state index is 0.0670. The van der Waals surface area contributed by atoms with Crippen molar-refractivity contribution in [1.29, 1.82) is 0 Å². The van der Waals surface area contributed by atoms with Gasteiger partial charge < -0.3 is 10.2 Å². The van der Waals surface area contributed by atoms with E-state index < -0.39 is 11.9 Å². The normalized spacial score (nSPS) is 27.1. The molecule has 2 atom stereocenters. The molecule has 0 heterocycles. The number of carbonyl (C=O) groups is 2. The van der Waals surface area contributed by atoms with Crippen molar-refractivity contribution in [2.45, 2.75) is 38.5 Å². The Hall–Kier alpha value is -1.06. The Morgan fingerprint density at radius 3 is 1.57 bits per heavy atom. The SMILES string of the molecule is O=C(O)C[C@H]1CCCC[C@H]1CC(=O)O. The number of carboxylic acids is 2. The number of hydrogen-bond donors (Lipinski definition) is 2. The molecule has 0 aromatic rings. The number of carboxylic acid groups (broad SMARTS) is 2. The second-order valence-corrected chi connectivity index (χ2v) is 4.00. The van der Waals surface area contributed by atoms with Crippen LogP contribution in [0.5, 0.6) is 0 Å². The molecule has 0 bridgehead atoms. The average molecular weight is 200 g/mol. The maximum atomic E-state index is 10.6. The molecule has 80 valence electrons. The van der Waals surface area contributed by atoms with Gasteiger partial charge in [0.05, 0.1) is 0 Å². The van der Waals surface area contributed by atoms with Gasteiger partial charge in [0, 0.05) is 12.8 Å². The molecule has 1 fully saturated rings. The molecule has 4 nitrogen and oxygen atoms in total. The first-order valence-electron chi connectivity index (χ1n) is 5.03. The number of hydrogen-bond acceptors (Lipinski definition) is 2. The molecule has 1 rings (SSSR count). The van der Waals surface area contributed by atoms with Crippen LogP contribution in [0.25, 0.3) is 0 Å². The van der Waals surface area contributed by atoms with Gasteiger partial charge in [-0.25, -0.2) is 0 Å². The molecule has 1 saturated carbocycles. The fourth-order valence-corrected chi connectivity index (χ4v) is 2.27. The molecule has 1 aliphatic carbocycles. The third-order valence-corrected chi connectivity index (χ3v) is 2.94. The van der Waals surface area contributed by atoms with Gasteiger partial charge in [0.15, 0.2) is 0 Å². The van der Waals surface area contributed by atoms with E-state index in [1.807, 2.05) is 0 Å². The van der Waals surface area contributed by atoms with Crippen LogP contribution in [-0.2, 0) is 9.59 Å². The Labute approximate surface area is 82.9 Å². The molecule has 0 saturated heterocycles. The third kappa shape index (κ3) is 3.36. The summed E-state index contributed by atoms with van der Waals surface area (Å²) in [5, 5.41) is 17.3. The van der Waals surface area contributed by atoms with Crippen molar-refractivity contribution in [1.82, 2.24) is 0 Å². The van der Waals surface area contributed by atoms with Gasteiger partial charge in [-0.15, -0.1) is 0 Å². The monoisotopic (exact) mass is 200 g/mol. The Morgan fingerprint density at radius 1 is 0.929 bits per heavy atom. The van der Waals surface area contributed by atoms with Crippen molar-refractivity contribution >= 4 is 11.9 Å². The van der Waals surface area contributed by atoms with E-state index in [0.717, 1.165) is 25.7 Å². The second-order valence-electron chi connectivity index (χ2n) is 4.00. The zero-order chi connectivity index (χ0) is 10.6. The van der Waals surface area contributed by atoms with Crippen molar-refractivity contribution in [3.8, 4) is 0 Å². The van der Waals surface area contributed by atoms with Crippen LogP contribution >= 0.6 is 0 Å². The van der Waals surface area contributed by atoms with E-state index in [0.29, 0.717) is 0 Å². The lowest BCUT2D eigenvalue weighted by atomic mass is 9.76. The highest BCUT2D eigenvalue weighted by atomic mass is 16.4. The minimum atomic E-state index is -0.813. The zero-order valence-electron chi connectivity index (χ0n) is 8.11. The number of rotatable bonds is 4. The fraction of sp³-hybridized carbons (Fsp3) is 0.800. The summed E-state index contributed by atoms with van der Waals surface area (Å²) in [4.78, 5) is 21.1. The standard InChI is InChI=1S/C10H16O4/c11-9(12)5-7-3-1-2-4-8(7)6-10(13)14/h7-8H,1-6H2,(H,11,12)(H,13,14)/t7-,8+. The lowest BCUT2D eigenvalue weighted by Crippen LogP contribution is -2.24. The average Bonchev–Trinajstić information content (AvgIpc) is 2.06. The summed E-state index contributed by atoms with van der Waals surface area (Å²) in [5.41, 5.74) is 0. The molecular weight excluding hydrogens is 184 g/mol. The zero-order valence-corrected chi connectivity index (χ0v) is 8.11. The lowest BCUT2D eigenvalue weighted by Gasteiger charge is -2.29. The highest BCUT2D eigenvalue weighted by Crippen LogP contribution is 2.34. The first-order chi connectivity index (χ1) is 6.59. The van der Waals surface area contributed by atoms with E-state index in [1.165, 1.54) is 0 Å². The fourth-order valence-electron chi connectivity index (χ4n) is 2.27. The summed E-state index contributed by atoms with van der Waals surface area (Å²) in [6.07, 6.45) is 4.05. The highest BCUT2D eigenvalue weighted by molar-refractivity contribution is 5.68. The Kier molecular flexibility index (Phi) is 3.92. The molecule has 0 aliphatic heterocycles. The van der Waals surface area contributed by atoms with Gasteiger partial charge in [-0.05, 0) is 24.7 Å². The van der Waals surface area contributed by atoms with Crippen molar-refractivity contribution in [3.05, 3.63) is 0 Å². The molecule has 0 spiro atoms. The summed E-state index contributed by atoms with van der Waals surface area (Å²) >= 11 is 0. The van der Waals surface area contributed by atoms with Crippen LogP contribution < -0.4 is 0 Å². The van der Waals surface area contributed by atoms with E-state index >= 15 is 0 Å². The third-order valence-electron chi connectivity index (χ3n) is 2.94. The van der Waals surface area contributed by atoms with Crippen LogP contribution in [-0.4, -0.2) is 22.2 Å². The first kappa shape index (κ1) is 11.0. The van der Waals surface area contributed by atoms with E-state index in [2.05, 4.69) is 0 Å². The molecule has 0 unspecified atom stereocenters. The van der Waals surface area contributed by atoms with Gasteiger partial charge in [-0.1, -0.05) is 12.8 Å². The van der Waals surface area contributed by atoms with Crippen molar-refractivity contribution in [2.24, 2.45) is 11.8 Å². The van der Waals surface area contributed by atoms with Gasteiger partial charge in [0.1, 0.15) is 0 Å². The summed E-state index contributed by atoms with van der Waals surface area (Å²) in [6, 6.07) is 0. The van der Waals surface area contributed by atoms with Crippen molar-refractivity contribution in [3.63, 3.8) is 0 Å². The van der Waals surface area contributed by atoms with Crippen LogP contribution in [0.2, 0.25) is 0 Å². The van der Waals surface area contributed by atoms with Crippen LogP contribution in [0.1, 0.15) is 38.5 Å². The molecule has 0 amide bonds. The van der Waals surface area contributed by atoms with E-state index in [1.54, 1.807) is 0 Å². The maximum absolute atomic E-state index is 10.6. The van der Waals surface area contributed by atoms with E-state index in [4.69, 9.17) is 10.2 Å². The summed E-state index contributed by atoms with van der Waals surface area (Å²) in [6.45, 7) is 0. The topological polar surface area (TPSA) is 74.6 Å². The van der Waals surface area contributed by atoms with Gasteiger partial charge in [-0.2, -0.15) is 0 Å². The Bertz CT molecular complexity index is 200. The van der Waals surface area contributed by atoms with Crippen LogP contribution in [0.4, 0.5) is 0 Å². The predicted molar refractivity (Wildman–Crippen MR) is 50.0 cm³/mol. The first-order valence-corrected chi connectivity index (χ1v) is 5.03. The minimum Gasteiger partial charge on any atom is -0.481 e. The van der Waals surface area contributed by atoms with E-state index in [9.17, 15) is 9.59 Å². The van der Waals surface area contributed by atoms with Crippen LogP contribution in [0.3, 0.4) is 0 Å². The van der Waals surface area contributed by atoms with Gasteiger partial charge in [0.2, 0.25) is 0 Å². The largest absolute Gasteiger partial charge is 0.481 e. The smallest absolute Gasteiger partial charge is 0.303 e. The van der Waals surface area contributed by atoms with Crippen LogP contribution in [0, 0.1) is 11.8 Å². The molecule has 0 aromatic heterocycles.